The summed E-state index contributed by atoms with van der Waals surface area (Å²) in [4.78, 5) is 0. The summed E-state index contributed by atoms with van der Waals surface area (Å²) in [6.07, 6.45) is 1.23. The number of hydrogen-bond acceptors (Lipinski definition) is 5. The zero-order chi connectivity index (χ0) is 14.8. The molecular weight excluding hydrogens is 278 g/mol. The first kappa shape index (κ1) is 14.9. The maximum absolute atomic E-state index is 11.1. The van der Waals surface area contributed by atoms with Gasteiger partial charge in [-0.15, -0.1) is 0 Å². The van der Waals surface area contributed by atoms with E-state index in [0.717, 1.165) is 11.1 Å². The molecule has 0 bridgehead atoms. The van der Waals surface area contributed by atoms with Gasteiger partial charge in [0.05, 0.1) is 18.9 Å². The highest BCUT2D eigenvalue weighted by Crippen LogP contribution is 2.30. The zero-order valence-corrected chi connectivity index (χ0v) is 12.7. The van der Waals surface area contributed by atoms with Gasteiger partial charge in [-0.2, -0.15) is 0 Å². The molecule has 2 rings (SSSR count). The smallest absolute Gasteiger partial charge is 0.176 e. The highest BCUT2D eigenvalue weighted by molar-refractivity contribution is 7.90. The van der Waals surface area contributed by atoms with Crippen LogP contribution < -0.4 is 10.1 Å². The van der Waals surface area contributed by atoms with E-state index in [1.54, 1.807) is 7.11 Å². The number of rotatable bonds is 6. The summed E-state index contributed by atoms with van der Waals surface area (Å²) in [6, 6.07) is 7.58. The second kappa shape index (κ2) is 5.85. The first-order chi connectivity index (χ1) is 9.40. The molecule has 0 fully saturated rings. The number of fused-ring (bicyclic) bond motifs is 1. The molecule has 1 aromatic carbocycles. The Kier molecular flexibility index (Phi) is 4.35. The molecule has 0 aliphatic rings. The van der Waals surface area contributed by atoms with E-state index in [2.05, 4.69) is 5.32 Å². The van der Waals surface area contributed by atoms with E-state index in [9.17, 15) is 8.42 Å². The van der Waals surface area contributed by atoms with Gasteiger partial charge in [-0.25, -0.2) is 8.42 Å². The van der Waals surface area contributed by atoms with Gasteiger partial charge in [0.2, 0.25) is 0 Å². The predicted octanol–water partition coefficient (Wildman–Crippen LogP) is 2.14. The van der Waals surface area contributed by atoms with E-state index >= 15 is 0 Å². The van der Waals surface area contributed by atoms with Crippen molar-refractivity contribution in [2.24, 2.45) is 0 Å². The Morgan fingerprint density at radius 3 is 2.80 bits per heavy atom. The number of ether oxygens (including phenoxy) is 1. The zero-order valence-electron chi connectivity index (χ0n) is 11.8. The van der Waals surface area contributed by atoms with Crippen LogP contribution in [0.4, 0.5) is 0 Å². The summed E-state index contributed by atoms with van der Waals surface area (Å²) in [6.45, 7) is 2.33. The average Bonchev–Trinajstić information content (AvgIpc) is 2.80. The third-order valence-corrected chi connectivity index (χ3v) is 4.04. The van der Waals surface area contributed by atoms with E-state index in [0.29, 0.717) is 17.9 Å². The van der Waals surface area contributed by atoms with Crippen LogP contribution in [0.25, 0.3) is 11.0 Å². The molecule has 1 heterocycles. The van der Waals surface area contributed by atoms with Crippen LogP contribution in [-0.4, -0.2) is 34.1 Å². The Morgan fingerprint density at radius 1 is 1.40 bits per heavy atom. The SMILES string of the molecule is COc1cccc2cc(C(C)NCCS(C)(=O)=O)oc12. The number of benzene rings is 1. The molecule has 0 spiro atoms. The Bertz CT molecular complexity index is 690. The van der Waals surface area contributed by atoms with E-state index in [4.69, 9.17) is 9.15 Å². The van der Waals surface area contributed by atoms with Crippen molar-refractivity contribution in [1.82, 2.24) is 5.32 Å². The quantitative estimate of drug-likeness (QED) is 0.884. The monoisotopic (exact) mass is 297 g/mol. The number of methoxy groups -OCH3 is 1. The molecule has 5 nitrogen and oxygen atoms in total. The number of hydrogen-bond donors (Lipinski definition) is 1. The second-order valence-corrected chi connectivity index (χ2v) is 7.09. The van der Waals surface area contributed by atoms with Gasteiger partial charge in [0.25, 0.3) is 0 Å². The van der Waals surface area contributed by atoms with Gasteiger partial charge in [0.1, 0.15) is 15.6 Å². The van der Waals surface area contributed by atoms with Crippen LogP contribution in [0.5, 0.6) is 5.75 Å². The van der Waals surface area contributed by atoms with Crippen molar-refractivity contribution >= 4 is 20.8 Å². The minimum atomic E-state index is -2.95. The minimum Gasteiger partial charge on any atom is -0.493 e. The van der Waals surface area contributed by atoms with Gasteiger partial charge in [0.15, 0.2) is 11.3 Å². The molecule has 110 valence electrons. The third-order valence-electron chi connectivity index (χ3n) is 3.10. The first-order valence-electron chi connectivity index (χ1n) is 6.38. The predicted molar refractivity (Wildman–Crippen MR) is 78.9 cm³/mol. The van der Waals surface area contributed by atoms with Gasteiger partial charge >= 0.3 is 0 Å². The normalized spacial score (nSPS) is 13.6. The molecule has 0 aliphatic heterocycles. The molecular formula is C14H19NO4S. The van der Waals surface area contributed by atoms with Crippen LogP contribution in [0.1, 0.15) is 18.7 Å². The van der Waals surface area contributed by atoms with Gasteiger partial charge < -0.3 is 14.5 Å². The molecule has 6 heteroatoms. The van der Waals surface area contributed by atoms with Crippen molar-refractivity contribution in [1.29, 1.82) is 0 Å². The first-order valence-corrected chi connectivity index (χ1v) is 8.44. The second-order valence-electron chi connectivity index (χ2n) is 4.83. The largest absolute Gasteiger partial charge is 0.493 e. The standard InChI is InChI=1S/C14H19NO4S/c1-10(15-7-8-20(3,16)17)13-9-11-5-4-6-12(18-2)14(11)19-13/h4-6,9-10,15H,7-8H2,1-3H3. The van der Waals surface area contributed by atoms with Crippen molar-refractivity contribution in [2.45, 2.75) is 13.0 Å². The van der Waals surface area contributed by atoms with Crippen LogP contribution in [-0.2, 0) is 9.84 Å². The van der Waals surface area contributed by atoms with Gasteiger partial charge in [-0.05, 0) is 19.1 Å². The Hall–Kier alpha value is -1.53. The van der Waals surface area contributed by atoms with Crippen molar-refractivity contribution in [3.63, 3.8) is 0 Å². The Balaban J connectivity index is 2.12. The Labute approximate surface area is 118 Å². The van der Waals surface area contributed by atoms with E-state index in [1.165, 1.54) is 6.26 Å². The lowest BCUT2D eigenvalue weighted by Crippen LogP contribution is -2.24. The maximum Gasteiger partial charge on any atom is 0.176 e. The van der Waals surface area contributed by atoms with Crippen LogP contribution in [0.2, 0.25) is 0 Å². The summed E-state index contributed by atoms with van der Waals surface area (Å²) >= 11 is 0. The molecule has 1 N–H and O–H groups in total. The maximum atomic E-state index is 11.1. The van der Waals surface area contributed by atoms with Gasteiger partial charge in [0, 0.05) is 18.2 Å². The lowest BCUT2D eigenvalue weighted by Gasteiger charge is -2.10. The molecule has 0 radical (unpaired) electrons. The number of para-hydroxylation sites is 1. The molecule has 0 amide bonds. The molecule has 0 saturated carbocycles. The molecule has 0 saturated heterocycles. The summed E-state index contributed by atoms with van der Waals surface area (Å²) in [5.41, 5.74) is 0.710. The van der Waals surface area contributed by atoms with Crippen molar-refractivity contribution in [3.05, 3.63) is 30.0 Å². The number of nitrogens with one attached hydrogen (secondary N) is 1. The summed E-state index contributed by atoms with van der Waals surface area (Å²) < 4.78 is 33.2. The van der Waals surface area contributed by atoms with Crippen molar-refractivity contribution in [3.8, 4) is 5.75 Å². The Morgan fingerprint density at radius 2 is 2.15 bits per heavy atom. The molecule has 2 aromatic rings. The van der Waals surface area contributed by atoms with Crippen molar-refractivity contribution in [2.75, 3.05) is 25.7 Å². The lowest BCUT2D eigenvalue weighted by molar-refractivity contribution is 0.401. The fourth-order valence-corrected chi connectivity index (χ4v) is 2.48. The lowest BCUT2D eigenvalue weighted by atomic mass is 10.2. The highest BCUT2D eigenvalue weighted by Gasteiger charge is 2.14. The summed E-state index contributed by atoms with van der Waals surface area (Å²) in [5, 5.41) is 4.11. The van der Waals surface area contributed by atoms with Crippen LogP contribution >= 0.6 is 0 Å². The van der Waals surface area contributed by atoms with Crippen LogP contribution in [0.3, 0.4) is 0 Å². The number of sulfone groups is 1. The molecule has 1 unspecified atom stereocenters. The van der Waals surface area contributed by atoms with E-state index in [1.807, 2.05) is 31.2 Å². The third kappa shape index (κ3) is 3.52. The van der Waals surface area contributed by atoms with Gasteiger partial charge in [-0.1, -0.05) is 12.1 Å². The molecule has 0 aliphatic carbocycles. The summed E-state index contributed by atoms with van der Waals surface area (Å²) in [5.74, 6) is 1.57. The average molecular weight is 297 g/mol. The highest BCUT2D eigenvalue weighted by atomic mass is 32.2. The van der Waals surface area contributed by atoms with Crippen LogP contribution in [0, 0.1) is 0 Å². The topological polar surface area (TPSA) is 68.5 Å². The number of furan rings is 1. The van der Waals surface area contributed by atoms with Crippen molar-refractivity contribution < 1.29 is 17.6 Å². The molecule has 20 heavy (non-hydrogen) atoms. The fraction of sp³-hybridized carbons (Fsp3) is 0.429. The minimum absolute atomic E-state index is 0.0612. The molecule has 1 atom stereocenters. The summed E-state index contributed by atoms with van der Waals surface area (Å²) in [7, 11) is -1.35. The van der Waals surface area contributed by atoms with Gasteiger partial charge in [-0.3, -0.25) is 0 Å². The van der Waals surface area contributed by atoms with E-state index in [-0.39, 0.29) is 11.8 Å². The molecule has 1 aromatic heterocycles. The van der Waals surface area contributed by atoms with Crippen LogP contribution in [0.15, 0.2) is 28.7 Å². The fourth-order valence-electron chi connectivity index (χ4n) is 1.99. The van der Waals surface area contributed by atoms with E-state index < -0.39 is 9.84 Å².